The van der Waals surface area contributed by atoms with E-state index < -0.39 is 17.1 Å². The summed E-state index contributed by atoms with van der Waals surface area (Å²) in [5, 5.41) is 2.03. The van der Waals surface area contributed by atoms with Crippen LogP contribution in [0.5, 0.6) is 0 Å². The molecule has 0 aliphatic carbocycles. The first kappa shape index (κ1) is 15.9. The summed E-state index contributed by atoms with van der Waals surface area (Å²) in [6.07, 6.45) is 2.13. The average Bonchev–Trinajstić information content (AvgIpc) is 2.15. The zero-order valence-corrected chi connectivity index (χ0v) is 11.3. The minimum atomic E-state index is -0.905. The topological polar surface area (TPSA) is 63.2 Å². The Kier molecular flexibility index (Phi) is 6.80. The monoisotopic (exact) mass is 257 g/mol. The fourth-order valence-corrected chi connectivity index (χ4v) is 2.01. The molecule has 0 aromatic heterocycles. The zero-order chi connectivity index (χ0) is 13.6. The predicted octanol–water partition coefficient (Wildman–Crippen LogP) is 1.36. The molecule has 0 aliphatic heterocycles. The summed E-state index contributed by atoms with van der Waals surface area (Å²) in [4.78, 5) is 34.3. The smallest absolute Gasteiger partial charge is 0.217 e. The average molecular weight is 257 g/mol. The van der Waals surface area contributed by atoms with Crippen LogP contribution >= 0.6 is 12.6 Å². The molecule has 0 bridgehead atoms. The summed E-state index contributed by atoms with van der Waals surface area (Å²) < 4.78 is 0. The van der Waals surface area contributed by atoms with Crippen molar-refractivity contribution >= 4 is 29.4 Å². The number of allylic oxidation sites excluding steroid dienone is 1. The first-order valence-corrected chi connectivity index (χ1v) is 5.90. The third-order valence-corrected chi connectivity index (χ3v) is 2.79. The van der Waals surface area contributed by atoms with Gasteiger partial charge in [-0.2, -0.15) is 0 Å². The maximum atomic E-state index is 12.0. The van der Waals surface area contributed by atoms with Crippen LogP contribution in [0.1, 0.15) is 27.2 Å². The van der Waals surface area contributed by atoms with Gasteiger partial charge in [0.25, 0.3) is 0 Å². The van der Waals surface area contributed by atoms with Crippen LogP contribution in [-0.2, 0) is 14.4 Å². The fourth-order valence-electron chi connectivity index (χ4n) is 1.66. The lowest BCUT2D eigenvalue weighted by Gasteiger charge is -2.23. The van der Waals surface area contributed by atoms with Crippen molar-refractivity contribution in [3.05, 3.63) is 12.7 Å². The molecule has 0 aromatic carbocycles. The van der Waals surface area contributed by atoms with Crippen molar-refractivity contribution in [1.82, 2.24) is 5.32 Å². The van der Waals surface area contributed by atoms with Gasteiger partial charge in [-0.05, 0) is 13.3 Å². The molecule has 0 rings (SSSR count). The molecular weight excluding hydrogens is 238 g/mol. The Morgan fingerprint density at radius 2 is 1.88 bits per heavy atom. The van der Waals surface area contributed by atoms with E-state index in [1.807, 2.05) is 0 Å². The van der Waals surface area contributed by atoms with E-state index in [1.165, 1.54) is 6.92 Å². The number of carbonyl (C=O) groups excluding carboxylic acids is 3. The first-order valence-electron chi connectivity index (χ1n) is 5.45. The molecule has 0 aromatic rings. The van der Waals surface area contributed by atoms with Gasteiger partial charge in [0.15, 0.2) is 5.12 Å². The highest BCUT2D eigenvalue weighted by Crippen LogP contribution is 2.17. The highest BCUT2D eigenvalue weighted by Gasteiger charge is 2.33. The van der Waals surface area contributed by atoms with E-state index in [0.29, 0.717) is 6.42 Å². The number of hydrogen-bond donors (Lipinski definition) is 2. The normalized spacial score (nSPS) is 15.5. The Balaban J connectivity index is 4.84. The lowest BCUT2D eigenvalue weighted by atomic mass is 9.88. The van der Waals surface area contributed by atoms with E-state index in [9.17, 15) is 14.4 Å². The van der Waals surface area contributed by atoms with Crippen LogP contribution in [0.2, 0.25) is 0 Å². The van der Waals surface area contributed by atoms with E-state index in [4.69, 9.17) is 0 Å². The van der Waals surface area contributed by atoms with E-state index in [-0.39, 0.29) is 17.6 Å². The van der Waals surface area contributed by atoms with Crippen LogP contribution in [0.4, 0.5) is 0 Å². The summed E-state index contributed by atoms with van der Waals surface area (Å²) >= 11 is 3.72. The number of nitrogens with one attached hydrogen (secondary N) is 1. The molecule has 0 radical (unpaired) electrons. The van der Waals surface area contributed by atoms with Crippen molar-refractivity contribution in [2.75, 3.05) is 0 Å². The van der Waals surface area contributed by atoms with Crippen molar-refractivity contribution < 1.29 is 14.4 Å². The Morgan fingerprint density at radius 3 is 2.24 bits per heavy atom. The van der Waals surface area contributed by atoms with E-state index in [2.05, 4.69) is 24.5 Å². The molecule has 0 heterocycles. The number of hydrogen-bond acceptors (Lipinski definition) is 3. The Bertz CT molecular complexity index is 328. The van der Waals surface area contributed by atoms with Crippen LogP contribution in [0, 0.1) is 11.8 Å². The van der Waals surface area contributed by atoms with E-state index >= 15 is 0 Å². The van der Waals surface area contributed by atoms with Crippen molar-refractivity contribution in [3.8, 4) is 0 Å². The minimum Gasteiger partial charge on any atom is -0.353 e. The minimum absolute atomic E-state index is 0.217. The summed E-state index contributed by atoms with van der Waals surface area (Å²) in [7, 11) is 0. The zero-order valence-electron chi connectivity index (χ0n) is 10.4. The Morgan fingerprint density at radius 1 is 1.35 bits per heavy atom. The maximum Gasteiger partial charge on any atom is 0.217 e. The second kappa shape index (κ2) is 7.27. The molecule has 0 aliphatic rings. The van der Waals surface area contributed by atoms with Crippen LogP contribution in [0.15, 0.2) is 12.7 Å². The number of carbonyl (C=O) groups is 3. The standard InChI is InChI=1S/C12H19NO3S/c1-5-6-7(2)11(15)10(12(16)17)8(3)13-9(4)14/h5,7-8,10H,1,6H2,2-4H3,(H,13,14)(H,16,17). The van der Waals surface area contributed by atoms with Gasteiger partial charge in [-0.25, -0.2) is 0 Å². The van der Waals surface area contributed by atoms with E-state index in [1.54, 1.807) is 19.9 Å². The van der Waals surface area contributed by atoms with Gasteiger partial charge in [0.1, 0.15) is 11.7 Å². The van der Waals surface area contributed by atoms with Gasteiger partial charge in [0.2, 0.25) is 5.91 Å². The molecular formula is C12H19NO3S. The summed E-state index contributed by atoms with van der Waals surface area (Å²) in [6, 6.07) is -0.544. The van der Waals surface area contributed by atoms with Crippen molar-refractivity contribution in [3.63, 3.8) is 0 Å². The molecule has 1 amide bonds. The fraction of sp³-hybridized carbons (Fsp3) is 0.583. The van der Waals surface area contributed by atoms with Gasteiger partial charge in [0, 0.05) is 18.9 Å². The molecule has 4 nitrogen and oxygen atoms in total. The SMILES string of the molecule is C=CCC(C)C(=O)C(C(=O)S)C(C)NC(C)=O. The summed E-state index contributed by atoms with van der Waals surface area (Å²) in [5.41, 5.74) is 0. The molecule has 3 unspecified atom stereocenters. The highest BCUT2D eigenvalue weighted by molar-refractivity contribution is 7.96. The molecule has 0 fully saturated rings. The number of rotatable bonds is 7. The summed E-state index contributed by atoms with van der Waals surface area (Å²) in [6.45, 7) is 8.25. The highest BCUT2D eigenvalue weighted by atomic mass is 32.1. The molecule has 17 heavy (non-hydrogen) atoms. The molecule has 3 atom stereocenters. The largest absolute Gasteiger partial charge is 0.353 e. The van der Waals surface area contributed by atoms with E-state index in [0.717, 1.165) is 0 Å². The first-order chi connectivity index (χ1) is 7.81. The number of thiol groups is 1. The lowest BCUT2D eigenvalue weighted by molar-refractivity contribution is -0.132. The van der Waals surface area contributed by atoms with Gasteiger partial charge < -0.3 is 5.32 Å². The molecule has 0 saturated carbocycles. The van der Waals surface area contributed by atoms with Crippen LogP contribution in [-0.4, -0.2) is 22.8 Å². The molecule has 0 spiro atoms. The predicted molar refractivity (Wildman–Crippen MR) is 69.7 cm³/mol. The molecule has 0 saturated heterocycles. The Hall–Kier alpha value is -1.10. The van der Waals surface area contributed by atoms with Gasteiger partial charge >= 0.3 is 0 Å². The van der Waals surface area contributed by atoms with Crippen LogP contribution < -0.4 is 5.32 Å². The van der Waals surface area contributed by atoms with Crippen molar-refractivity contribution in [2.24, 2.45) is 11.8 Å². The van der Waals surface area contributed by atoms with Crippen molar-refractivity contribution in [1.29, 1.82) is 0 Å². The van der Waals surface area contributed by atoms with Crippen LogP contribution in [0.3, 0.4) is 0 Å². The van der Waals surface area contributed by atoms with Crippen molar-refractivity contribution in [2.45, 2.75) is 33.2 Å². The van der Waals surface area contributed by atoms with Gasteiger partial charge in [0.05, 0.1) is 0 Å². The second-order valence-electron chi connectivity index (χ2n) is 4.13. The number of amides is 1. The molecule has 5 heteroatoms. The number of ketones is 1. The van der Waals surface area contributed by atoms with Gasteiger partial charge in [-0.15, -0.1) is 19.2 Å². The Labute approximate surface area is 107 Å². The third kappa shape index (κ3) is 5.17. The molecule has 1 N–H and O–H groups in total. The third-order valence-electron chi connectivity index (χ3n) is 2.51. The van der Waals surface area contributed by atoms with Crippen LogP contribution in [0.25, 0.3) is 0 Å². The molecule has 96 valence electrons. The lowest BCUT2D eigenvalue weighted by Crippen LogP contribution is -2.44. The summed E-state index contributed by atoms with van der Waals surface area (Å²) in [5.74, 6) is -1.70. The van der Waals surface area contributed by atoms with Gasteiger partial charge in [-0.3, -0.25) is 14.4 Å². The quantitative estimate of drug-likeness (QED) is 0.411. The maximum absolute atomic E-state index is 12.0. The van der Waals surface area contributed by atoms with Gasteiger partial charge in [-0.1, -0.05) is 13.0 Å². The second-order valence-corrected chi connectivity index (χ2v) is 4.57. The number of Topliss-reactive ketones (excluding diaryl/α,β-unsaturated/α-hetero) is 1.